The maximum Gasteiger partial charge on any atom is 0.270 e. The average molecular weight is 545 g/mol. The molecule has 0 bridgehead atoms. The van der Waals surface area contributed by atoms with Crippen molar-refractivity contribution in [2.45, 2.75) is 71.6 Å². The Morgan fingerprint density at radius 3 is 2.59 bits per heavy atom. The smallest absolute Gasteiger partial charge is 0.270 e. The van der Waals surface area contributed by atoms with Crippen molar-refractivity contribution >= 4 is 29.1 Å². The topological polar surface area (TPSA) is 109 Å². The summed E-state index contributed by atoms with van der Waals surface area (Å²) in [5.74, 6) is -0.181. The van der Waals surface area contributed by atoms with Gasteiger partial charge in [-0.15, -0.1) is 0 Å². The van der Waals surface area contributed by atoms with Gasteiger partial charge in [0.1, 0.15) is 5.75 Å². The number of fused-ring (bicyclic) bond motifs is 1. The van der Waals surface area contributed by atoms with Gasteiger partial charge in [-0.25, -0.2) is 0 Å². The highest BCUT2D eigenvalue weighted by Gasteiger charge is 2.43. The molecule has 2 aliphatic heterocycles. The van der Waals surface area contributed by atoms with E-state index in [4.69, 9.17) is 14.2 Å². The minimum atomic E-state index is -0.990. The third-order valence-electron chi connectivity index (χ3n) is 7.48. The molecule has 1 saturated heterocycles. The second-order valence-corrected chi connectivity index (χ2v) is 11.2. The molecule has 3 amide bonds. The van der Waals surface area contributed by atoms with Crippen molar-refractivity contribution in [2.75, 3.05) is 55.9 Å². The number of anilines is 2. The minimum Gasteiger partial charge on any atom is -0.476 e. The fraction of sp³-hybridized carbons (Fsp3) is 0.690. The van der Waals surface area contributed by atoms with Gasteiger partial charge in [-0.05, 0) is 72.1 Å². The number of hydrogen-bond acceptors (Lipinski definition) is 7. The number of hydrogen-bond donors (Lipinski definition) is 2. The Morgan fingerprint density at radius 2 is 1.90 bits per heavy atom. The Balaban J connectivity index is 1.52. The van der Waals surface area contributed by atoms with Gasteiger partial charge in [0.25, 0.3) is 5.91 Å². The zero-order valence-electron chi connectivity index (χ0n) is 24.0. The highest BCUT2D eigenvalue weighted by atomic mass is 16.5. The molecule has 1 saturated carbocycles. The van der Waals surface area contributed by atoms with Crippen molar-refractivity contribution in [1.82, 2.24) is 10.6 Å². The van der Waals surface area contributed by atoms with E-state index in [1.165, 1.54) is 0 Å². The van der Waals surface area contributed by atoms with Crippen molar-refractivity contribution < 1.29 is 28.6 Å². The third kappa shape index (κ3) is 6.91. The van der Waals surface area contributed by atoms with Gasteiger partial charge in [0.05, 0.1) is 30.7 Å². The van der Waals surface area contributed by atoms with Crippen LogP contribution in [0.5, 0.6) is 5.75 Å². The molecule has 1 aromatic rings. The molecular weight excluding hydrogens is 500 g/mol. The Morgan fingerprint density at radius 1 is 1.18 bits per heavy atom. The van der Waals surface area contributed by atoms with Gasteiger partial charge in [-0.1, -0.05) is 0 Å². The van der Waals surface area contributed by atoms with E-state index in [1.54, 1.807) is 18.7 Å². The molecule has 10 nitrogen and oxygen atoms in total. The van der Waals surface area contributed by atoms with Crippen LogP contribution in [-0.2, 0) is 23.9 Å². The van der Waals surface area contributed by atoms with Crippen LogP contribution in [0.2, 0.25) is 0 Å². The fourth-order valence-corrected chi connectivity index (χ4v) is 5.30. The Labute approximate surface area is 231 Å². The first-order valence-electron chi connectivity index (χ1n) is 14.3. The van der Waals surface area contributed by atoms with E-state index in [0.29, 0.717) is 63.9 Å². The average Bonchev–Trinajstić information content (AvgIpc) is 3.75. The molecule has 39 heavy (non-hydrogen) atoms. The number of amides is 3. The van der Waals surface area contributed by atoms with Crippen LogP contribution >= 0.6 is 0 Å². The van der Waals surface area contributed by atoms with Crippen LogP contribution in [0.25, 0.3) is 0 Å². The van der Waals surface area contributed by atoms with E-state index in [0.717, 1.165) is 18.5 Å². The first kappa shape index (κ1) is 29.3. The maximum atomic E-state index is 13.9. The lowest BCUT2D eigenvalue weighted by molar-refractivity contribution is -0.133. The van der Waals surface area contributed by atoms with Crippen LogP contribution in [0, 0.1) is 11.8 Å². The highest BCUT2D eigenvalue weighted by Crippen LogP contribution is 2.42. The van der Waals surface area contributed by atoms with Crippen molar-refractivity contribution in [3.8, 4) is 5.75 Å². The van der Waals surface area contributed by atoms with Crippen LogP contribution in [-0.4, -0.2) is 81.5 Å². The fourth-order valence-electron chi connectivity index (χ4n) is 5.30. The van der Waals surface area contributed by atoms with Gasteiger partial charge >= 0.3 is 0 Å². The van der Waals surface area contributed by atoms with Gasteiger partial charge < -0.3 is 34.6 Å². The number of rotatable bonds is 12. The molecule has 0 radical (unpaired) electrons. The molecule has 3 atom stereocenters. The second kappa shape index (κ2) is 12.7. The van der Waals surface area contributed by atoms with E-state index < -0.39 is 5.60 Å². The largest absolute Gasteiger partial charge is 0.476 e. The van der Waals surface area contributed by atoms with E-state index in [1.807, 2.05) is 43.9 Å². The lowest BCUT2D eigenvalue weighted by Crippen LogP contribution is -2.53. The molecule has 10 heteroatoms. The number of nitrogens with one attached hydrogen (secondary N) is 2. The van der Waals surface area contributed by atoms with Gasteiger partial charge in [-0.3, -0.25) is 14.4 Å². The van der Waals surface area contributed by atoms with Crippen molar-refractivity contribution in [1.29, 1.82) is 0 Å². The minimum absolute atomic E-state index is 0.00839. The molecule has 0 spiro atoms. The normalized spacial score (nSPS) is 23.0. The first-order valence-corrected chi connectivity index (χ1v) is 14.3. The Bertz CT molecular complexity index is 1040. The lowest BCUT2D eigenvalue weighted by Gasteiger charge is -2.39. The summed E-state index contributed by atoms with van der Waals surface area (Å²) in [7, 11) is 0. The number of ether oxygens (including phenoxy) is 3. The molecule has 0 aromatic heterocycles. The SMILES string of the molecule is CCOCCN1C(=O)C(C)(C)Oc2ccc(N(C(=O)[C@H]3CNC[C@@H](C(=O)N[C@H](C)COCC)C3)C3CC3)cc21. The maximum absolute atomic E-state index is 13.9. The molecular formula is C29H44N4O6. The summed E-state index contributed by atoms with van der Waals surface area (Å²) in [5, 5.41) is 6.32. The summed E-state index contributed by atoms with van der Waals surface area (Å²) < 4.78 is 17.0. The van der Waals surface area contributed by atoms with Gasteiger partial charge in [0, 0.05) is 50.6 Å². The summed E-state index contributed by atoms with van der Waals surface area (Å²) in [5.41, 5.74) is 0.406. The molecule has 216 valence electrons. The molecule has 4 rings (SSSR count). The molecule has 1 aliphatic carbocycles. The van der Waals surface area contributed by atoms with E-state index in [9.17, 15) is 14.4 Å². The predicted octanol–water partition coefficient (Wildman–Crippen LogP) is 2.49. The van der Waals surface area contributed by atoms with Gasteiger partial charge in [-0.2, -0.15) is 0 Å². The van der Waals surface area contributed by atoms with Crippen molar-refractivity contribution in [3.63, 3.8) is 0 Å². The number of carbonyl (C=O) groups excluding carboxylic acids is 3. The molecule has 2 heterocycles. The van der Waals surface area contributed by atoms with Gasteiger partial charge in [0.15, 0.2) is 5.60 Å². The van der Waals surface area contributed by atoms with Crippen molar-refractivity contribution in [2.24, 2.45) is 11.8 Å². The second-order valence-electron chi connectivity index (χ2n) is 11.2. The van der Waals surface area contributed by atoms with E-state index in [-0.39, 0.29) is 41.6 Å². The van der Waals surface area contributed by atoms with Crippen LogP contribution in [0.4, 0.5) is 11.4 Å². The summed E-state index contributed by atoms with van der Waals surface area (Å²) in [4.78, 5) is 43.7. The van der Waals surface area contributed by atoms with E-state index in [2.05, 4.69) is 10.6 Å². The van der Waals surface area contributed by atoms with E-state index >= 15 is 0 Å². The van der Waals surface area contributed by atoms with Crippen LogP contribution in [0.15, 0.2) is 18.2 Å². The summed E-state index contributed by atoms with van der Waals surface area (Å²) in [6.45, 7) is 12.8. The molecule has 2 fully saturated rings. The molecule has 3 aliphatic rings. The molecule has 1 aromatic carbocycles. The number of piperidine rings is 1. The molecule has 2 N–H and O–H groups in total. The summed E-state index contributed by atoms with van der Waals surface area (Å²) in [6, 6.07) is 5.67. The summed E-state index contributed by atoms with van der Waals surface area (Å²) in [6.07, 6.45) is 2.35. The Kier molecular flexibility index (Phi) is 9.51. The standard InChI is InChI=1S/C29H44N4O6/c1-6-37-13-12-32-24-15-23(10-11-25(24)39-29(4,5)28(32)36)33(22-8-9-22)27(35)21-14-20(16-30-17-21)26(34)31-19(3)18-38-7-2/h10-11,15,19-22,30H,6-9,12-14,16-18H2,1-5H3,(H,31,34)/t19-,20+,21-/m1/s1. The highest BCUT2D eigenvalue weighted by molar-refractivity contribution is 6.04. The Hall–Kier alpha value is -2.69. The van der Waals surface area contributed by atoms with Crippen LogP contribution in [0.1, 0.15) is 53.9 Å². The third-order valence-corrected chi connectivity index (χ3v) is 7.48. The monoisotopic (exact) mass is 544 g/mol. The number of carbonyl (C=O) groups is 3. The number of benzene rings is 1. The predicted molar refractivity (Wildman–Crippen MR) is 149 cm³/mol. The lowest BCUT2D eigenvalue weighted by atomic mass is 9.88. The number of nitrogens with zero attached hydrogens (tertiary/aromatic N) is 2. The summed E-state index contributed by atoms with van der Waals surface area (Å²) >= 11 is 0. The van der Waals surface area contributed by atoms with Crippen LogP contribution < -0.4 is 25.2 Å². The van der Waals surface area contributed by atoms with Crippen molar-refractivity contribution in [3.05, 3.63) is 18.2 Å². The zero-order valence-corrected chi connectivity index (χ0v) is 24.0. The zero-order chi connectivity index (χ0) is 28.2. The quantitative estimate of drug-likeness (QED) is 0.389. The van der Waals surface area contributed by atoms with Gasteiger partial charge in [0.2, 0.25) is 11.8 Å². The van der Waals surface area contributed by atoms with Crippen LogP contribution in [0.3, 0.4) is 0 Å². The molecule has 0 unspecified atom stereocenters. The first-order chi connectivity index (χ1) is 18.7.